The van der Waals surface area contributed by atoms with Crippen LogP contribution in [0.25, 0.3) is 0 Å². The molecule has 0 bridgehead atoms. The summed E-state index contributed by atoms with van der Waals surface area (Å²) < 4.78 is 5.30. The first-order valence-corrected chi connectivity index (χ1v) is 4.45. The first-order chi connectivity index (χ1) is 7.16. The molecule has 0 unspecified atom stereocenters. The predicted octanol–water partition coefficient (Wildman–Crippen LogP) is 0.949. The van der Waals surface area contributed by atoms with Gasteiger partial charge >= 0.3 is 5.97 Å². The highest BCUT2D eigenvalue weighted by molar-refractivity contribution is 5.81. The minimum Gasteiger partial charge on any atom is -0.478 e. The number of carboxylic acid groups (broad SMARTS) is 1. The molecule has 1 aromatic rings. The summed E-state index contributed by atoms with van der Waals surface area (Å²) in [4.78, 5) is 14.6. The number of ether oxygens (including phenoxy) is 1. The van der Waals surface area contributed by atoms with Crippen LogP contribution >= 0.6 is 0 Å². The summed E-state index contributed by atoms with van der Waals surface area (Å²) >= 11 is 0. The molecule has 1 fully saturated rings. The fourth-order valence-corrected chi connectivity index (χ4v) is 1.21. The number of aromatic nitrogens is 1. The zero-order valence-corrected chi connectivity index (χ0v) is 7.80. The zero-order chi connectivity index (χ0) is 10.9. The lowest BCUT2D eigenvalue weighted by Gasteiger charge is -2.12. The van der Waals surface area contributed by atoms with Crippen molar-refractivity contribution in [1.82, 2.24) is 4.98 Å². The molecular weight excluding hydrogens is 196 g/mol. The number of aliphatic carboxylic acids is 1. The van der Waals surface area contributed by atoms with Crippen LogP contribution in [0.15, 0.2) is 18.3 Å². The van der Waals surface area contributed by atoms with Crippen molar-refractivity contribution in [3.63, 3.8) is 0 Å². The standard InChI is InChI=1S/C10H8N2O3/c11-5-7-1-2-8(6-12-7)15-10(3-4-10)9(13)14/h1-2,6H,3-4H2,(H,13,14). The molecule has 76 valence electrons. The fourth-order valence-electron chi connectivity index (χ4n) is 1.21. The third-order valence-electron chi connectivity index (χ3n) is 2.26. The van der Waals surface area contributed by atoms with E-state index in [4.69, 9.17) is 15.1 Å². The van der Waals surface area contributed by atoms with Crippen molar-refractivity contribution in [3.05, 3.63) is 24.0 Å². The molecule has 0 saturated heterocycles. The molecule has 1 N–H and O–H groups in total. The number of nitriles is 1. The first kappa shape index (κ1) is 9.46. The highest BCUT2D eigenvalue weighted by atomic mass is 16.5. The van der Waals surface area contributed by atoms with E-state index in [1.807, 2.05) is 6.07 Å². The summed E-state index contributed by atoms with van der Waals surface area (Å²) in [7, 11) is 0. The molecular formula is C10H8N2O3. The molecule has 2 rings (SSSR count). The Kier molecular flexibility index (Phi) is 2.05. The van der Waals surface area contributed by atoms with Crippen molar-refractivity contribution in [3.8, 4) is 11.8 Å². The summed E-state index contributed by atoms with van der Waals surface area (Å²) in [6, 6.07) is 4.92. The number of rotatable bonds is 3. The molecule has 1 heterocycles. The molecule has 1 saturated carbocycles. The lowest BCUT2D eigenvalue weighted by Crippen LogP contribution is -2.28. The average molecular weight is 204 g/mol. The minimum atomic E-state index is -1.06. The van der Waals surface area contributed by atoms with Crippen LogP contribution in [0.5, 0.6) is 5.75 Å². The van der Waals surface area contributed by atoms with Gasteiger partial charge in [0.05, 0.1) is 6.20 Å². The van der Waals surface area contributed by atoms with Gasteiger partial charge in [0, 0.05) is 12.8 Å². The van der Waals surface area contributed by atoms with Gasteiger partial charge in [-0.25, -0.2) is 9.78 Å². The van der Waals surface area contributed by atoms with E-state index in [1.165, 1.54) is 12.3 Å². The maximum absolute atomic E-state index is 10.8. The van der Waals surface area contributed by atoms with Gasteiger partial charge in [0.15, 0.2) is 0 Å². The predicted molar refractivity (Wildman–Crippen MR) is 49.2 cm³/mol. The molecule has 1 aliphatic rings. The van der Waals surface area contributed by atoms with Gasteiger partial charge in [-0.2, -0.15) is 5.26 Å². The van der Waals surface area contributed by atoms with E-state index in [0.29, 0.717) is 18.6 Å². The van der Waals surface area contributed by atoms with Gasteiger partial charge in [0.2, 0.25) is 5.60 Å². The van der Waals surface area contributed by atoms with E-state index in [9.17, 15) is 4.79 Å². The maximum Gasteiger partial charge on any atom is 0.348 e. The van der Waals surface area contributed by atoms with Crippen molar-refractivity contribution >= 4 is 5.97 Å². The van der Waals surface area contributed by atoms with Gasteiger partial charge in [0.25, 0.3) is 0 Å². The number of hydrogen-bond acceptors (Lipinski definition) is 4. The van der Waals surface area contributed by atoms with Crippen molar-refractivity contribution in [2.45, 2.75) is 18.4 Å². The highest BCUT2D eigenvalue weighted by Crippen LogP contribution is 2.40. The molecule has 0 spiro atoms. The SMILES string of the molecule is N#Cc1ccc(OC2(C(=O)O)CC2)cn1. The van der Waals surface area contributed by atoms with Gasteiger partial charge in [-0.05, 0) is 12.1 Å². The molecule has 5 nitrogen and oxygen atoms in total. The van der Waals surface area contributed by atoms with Crippen molar-refractivity contribution in [1.29, 1.82) is 5.26 Å². The van der Waals surface area contributed by atoms with Gasteiger partial charge in [-0.15, -0.1) is 0 Å². The van der Waals surface area contributed by atoms with Crippen LogP contribution in [0.2, 0.25) is 0 Å². The Morgan fingerprint density at radius 1 is 1.60 bits per heavy atom. The Morgan fingerprint density at radius 2 is 2.33 bits per heavy atom. The lowest BCUT2D eigenvalue weighted by molar-refractivity contribution is -0.147. The van der Waals surface area contributed by atoms with E-state index in [0.717, 1.165) is 0 Å². The molecule has 1 aromatic heterocycles. The average Bonchev–Trinajstić information content (AvgIpc) is 3.00. The summed E-state index contributed by atoms with van der Waals surface area (Å²) in [5.41, 5.74) is -0.780. The monoisotopic (exact) mass is 204 g/mol. The van der Waals surface area contributed by atoms with Crippen LogP contribution in [-0.4, -0.2) is 21.7 Å². The zero-order valence-electron chi connectivity index (χ0n) is 7.80. The van der Waals surface area contributed by atoms with Crippen molar-refractivity contribution < 1.29 is 14.6 Å². The highest BCUT2D eigenvalue weighted by Gasteiger charge is 2.53. The van der Waals surface area contributed by atoms with Crippen LogP contribution < -0.4 is 4.74 Å². The molecule has 0 amide bonds. The maximum atomic E-state index is 10.8. The van der Waals surface area contributed by atoms with Gasteiger partial charge < -0.3 is 9.84 Å². The molecule has 0 aromatic carbocycles. The normalized spacial score (nSPS) is 16.5. The summed E-state index contributed by atoms with van der Waals surface area (Å²) in [5, 5.41) is 17.4. The lowest BCUT2D eigenvalue weighted by atomic mass is 10.3. The minimum absolute atomic E-state index is 0.280. The summed E-state index contributed by atoms with van der Waals surface area (Å²) in [5.74, 6) is -0.569. The first-order valence-electron chi connectivity index (χ1n) is 4.45. The number of pyridine rings is 1. The third kappa shape index (κ3) is 1.74. The van der Waals surface area contributed by atoms with Crippen LogP contribution in [-0.2, 0) is 4.79 Å². The summed E-state index contributed by atoms with van der Waals surface area (Å²) in [6.45, 7) is 0. The number of carbonyl (C=O) groups is 1. The molecule has 0 aliphatic heterocycles. The third-order valence-corrected chi connectivity index (χ3v) is 2.26. The van der Waals surface area contributed by atoms with Crippen LogP contribution in [0.1, 0.15) is 18.5 Å². The number of carboxylic acids is 1. The smallest absolute Gasteiger partial charge is 0.348 e. The second kappa shape index (κ2) is 3.24. The molecule has 0 atom stereocenters. The second-order valence-corrected chi connectivity index (χ2v) is 3.39. The van der Waals surface area contributed by atoms with Crippen LogP contribution in [0.3, 0.4) is 0 Å². The van der Waals surface area contributed by atoms with Gasteiger partial charge in [-0.1, -0.05) is 0 Å². The van der Waals surface area contributed by atoms with E-state index in [1.54, 1.807) is 6.07 Å². The number of hydrogen-bond donors (Lipinski definition) is 1. The Balaban J connectivity index is 2.12. The van der Waals surface area contributed by atoms with Crippen LogP contribution in [0.4, 0.5) is 0 Å². The molecule has 15 heavy (non-hydrogen) atoms. The largest absolute Gasteiger partial charge is 0.478 e. The second-order valence-electron chi connectivity index (χ2n) is 3.39. The molecule has 1 aliphatic carbocycles. The van der Waals surface area contributed by atoms with E-state index >= 15 is 0 Å². The molecule has 0 radical (unpaired) electrons. The quantitative estimate of drug-likeness (QED) is 0.792. The Labute approximate surface area is 85.9 Å². The van der Waals surface area contributed by atoms with Crippen molar-refractivity contribution in [2.75, 3.05) is 0 Å². The van der Waals surface area contributed by atoms with E-state index in [2.05, 4.69) is 4.98 Å². The van der Waals surface area contributed by atoms with E-state index < -0.39 is 11.6 Å². The van der Waals surface area contributed by atoms with E-state index in [-0.39, 0.29) is 5.69 Å². The van der Waals surface area contributed by atoms with Crippen molar-refractivity contribution in [2.24, 2.45) is 0 Å². The molecule has 5 heteroatoms. The number of nitrogens with zero attached hydrogens (tertiary/aromatic N) is 2. The van der Waals surface area contributed by atoms with Crippen LogP contribution in [0, 0.1) is 11.3 Å². The summed E-state index contributed by atoms with van der Waals surface area (Å²) in [6.07, 6.45) is 2.40. The fraction of sp³-hybridized carbons (Fsp3) is 0.300. The van der Waals surface area contributed by atoms with Gasteiger partial charge in [0.1, 0.15) is 17.5 Å². The topological polar surface area (TPSA) is 83.2 Å². The van der Waals surface area contributed by atoms with Gasteiger partial charge in [-0.3, -0.25) is 0 Å². The Hall–Kier alpha value is -2.09. The Bertz CT molecular complexity index is 429. The Morgan fingerprint density at radius 3 is 2.73 bits per heavy atom.